The van der Waals surface area contributed by atoms with Gasteiger partial charge in [-0.1, -0.05) is 47.5 Å². The fourth-order valence-electron chi connectivity index (χ4n) is 1.73. The summed E-state index contributed by atoms with van der Waals surface area (Å²) < 4.78 is 0. The van der Waals surface area contributed by atoms with Gasteiger partial charge in [0.15, 0.2) is 0 Å². The van der Waals surface area contributed by atoms with Crippen LogP contribution >= 0.6 is 23.2 Å². The first kappa shape index (κ1) is 11.5. The molecule has 0 amide bonds. The molecule has 84 valence electrons. The third-order valence-corrected chi connectivity index (χ3v) is 3.52. The summed E-state index contributed by atoms with van der Waals surface area (Å²) in [6.45, 7) is 0. The van der Waals surface area contributed by atoms with E-state index in [1.165, 1.54) is 0 Å². The average Bonchev–Trinajstić information content (AvgIpc) is 2.27. The Morgan fingerprint density at radius 1 is 1.25 bits per heavy atom. The van der Waals surface area contributed by atoms with E-state index in [0.29, 0.717) is 16.5 Å². The number of allylic oxidation sites excluding steroid dienone is 1. The molecule has 1 aromatic carbocycles. The van der Waals surface area contributed by atoms with Gasteiger partial charge < -0.3 is 11.5 Å². The molecule has 0 aliphatic heterocycles. The van der Waals surface area contributed by atoms with Crippen molar-refractivity contribution in [1.29, 1.82) is 0 Å². The van der Waals surface area contributed by atoms with Crippen LogP contribution in [0.5, 0.6) is 0 Å². The van der Waals surface area contributed by atoms with Gasteiger partial charge in [0.05, 0.1) is 15.6 Å². The maximum absolute atomic E-state index is 6.28. The third-order valence-electron chi connectivity index (χ3n) is 2.70. The molecule has 0 aromatic heterocycles. The SMILES string of the molecule is NC1=CCC(N)(c2cccc(Cl)c2Cl)C=C1. The Kier molecular flexibility index (Phi) is 2.98. The van der Waals surface area contributed by atoms with Crippen molar-refractivity contribution in [3.63, 3.8) is 0 Å². The van der Waals surface area contributed by atoms with Gasteiger partial charge in [0.25, 0.3) is 0 Å². The Labute approximate surface area is 105 Å². The molecule has 0 saturated carbocycles. The zero-order valence-corrected chi connectivity index (χ0v) is 10.1. The summed E-state index contributed by atoms with van der Waals surface area (Å²) in [6.07, 6.45) is 6.16. The molecule has 0 radical (unpaired) electrons. The topological polar surface area (TPSA) is 52.0 Å². The molecule has 0 saturated heterocycles. The first-order chi connectivity index (χ1) is 7.53. The smallest absolute Gasteiger partial charge is 0.0650 e. The zero-order valence-electron chi connectivity index (χ0n) is 8.58. The molecule has 1 atom stereocenters. The lowest BCUT2D eigenvalue weighted by Gasteiger charge is -2.29. The minimum Gasteiger partial charge on any atom is -0.399 e. The molecule has 0 spiro atoms. The highest BCUT2D eigenvalue weighted by atomic mass is 35.5. The number of nitrogens with two attached hydrogens (primary N) is 2. The van der Waals surface area contributed by atoms with Gasteiger partial charge in [-0.3, -0.25) is 0 Å². The van der Waals surface area contributed by atoms with E-state index >= 15 is 0 Å². The second-order valence-corrected chi connectivity index (χ2v) is 4.67. The number of halogens is 2. The van der Waals surface area contributed by atoms with Gasteiger partial charge in [0.1, 0.15) is 0 Å². The molecule has 4 N–H and O–H groups in total. The van der Waals surface area contributed by atoms with Crippen molar-refractivity contribution in [3.8, 4) is 0 Å². The standard InChI is InChI=1S/C12H12Cl2N2/c13-10-3-1-2-9(11(10)14)12(16)6-4-8(15)5-7-12/h1-6H,7,15-16H2. The second kappa shape index (κ2) is 4.13. The van der Waals surface area contributed by atoms with Crippen LogP contribution in [0.4, 0.5) is 0 Å². The van der Waals surface area contributed by atoms with Crippen LogP contribution in [0.2, 0.25) is 10.0 Å². The fourth-order valence-corrected chi connectivity index (χ4v) is 2.21. The molecule has 4 heteroatoms. The summed E-state index contributed by atoms with van der Waals surface area (Å²) in [6, 6.07) is 5.47. The van der Waals surface area contributed by atoms with E-state index in [4.69, 9.17) is 34.7 Å². The van der Waals surface area contributed by atoms with E-state index in [9.17, 15) is 0 Å². The predicted molar refractivity (Wildman–Crippen MR) is 68.4 cm³/mol. The highest BCUT2D eigenvalue weighted by Crippen LogP contribution is 2.36. The van der Waals surface area contributed by atoms with Gasteiger partial charge in [-0.25, -0.2) is 0 Å². The van der Waals surface area contributed by atoms with E-state index in [-0.39, 0.29) is 0 Å². The van der Waals surface area contributed by atoms with E-state index in [2.05, 4.69) is 0 Å². The van der Waals surface area contributed by atoms with Gasteiger partial charge >= 0.3 is 0 Å². The summed E-state index contributed by atoms with van der Waals surface area (Å²) in [5, 5.41) is 1.02. The monoisotopic (exact) mass is 254 g/mol. The molecule has 0 heterocycles. The van der Waals surface area contributed by atoms with Crippen LogP contribution in [0, 0.1) is 0 Å². The van der Waals surface area contributed by atoms with Crippen LogP contribution < -0.4 is 11.5 Å². The minimum absolute atomic E-state index is 0.505. The summed E-state index contributed by atoms with van der Waals surface area (Å²) in [5.74, 6) is 0. The number of hydrogen-bond donors (Lipinski definition) is 2. The quantitative estimate of drug-likeness (QED) is 0.810. The van der Waals surface area contributed by atoms with E-state index in [1.807, 2.05) is 24.3 Å². The Hall–Kier alpha value is -0.960. The molecular formula is C12H12Cl2N2. The number of rotatable bonds is 1. The average molecular weight is 255 g/mol. The summed E-state index contributed by atoms with van der Waals surface area (Å²) >= 11 is 12.1. The largest absolute Gasteiger partial charge is 0.399 e. The molecule has 16 heavy (non-hydrogen) atoms. The van der Waals surface area contributed by atoms with Crippen molar-refractivity contribution < 1.29 is 0 Å². The normalized spacial score (nSPS) is 24.3. The lowest BCUT2D eigenvalue weighted by Crippen LogP contribution is -2.36. The van der Waals surface area contributed by atoms with Crippen molar-refractivity contribution in [2.75, 3.05) is 0 Å². The van der Waals surface area contributed by atoms with Gasteiger partial charge in [-0.05, 0) is 24.1 Å². The summed E-state index contributed by atoms with van der Waals surface area (Å²) in [7, 11) is 0. The van der Waals surface area contributed by atoms with E-state index < -0.39 is 5.54 Å². The summed E-state index contributed by atoms with van der Waals surface area (Å²) in [5.41, 5.74) is 12.9. The fraction of sp³-hybridized carbons (Fsp3) is 0.167. The molecule has 1 aromatic rings. The lowest BCUT2D eigenvalue weighted by atomic mass is 9.84. The first-order valence-corrected chi connectivity index (χ1v) is 5.67. The molecule has 0 fully saturated rings. The maximum Gasteiger partial charge on any atom is 0.0650 e. The van der Waals surface area contributed by atoms with Crippen molar-refractivity contribution >= 4 is 23.2 Å². The van der Waals surface area contributed by atoms with E-state index in [1.54, 1.807) is 12.1 Å². The highest BCUT2D eigenvalue weighted by molar-refractivity contribution is 6.42. The molecule has 1 aliphatic carbocycles. The van der Waals surface area contributed by atoms with Crippen molar-refractivity contribution in [2.45, 2.75) is 12.0 Å². The minimum atomic E-state index is -0.620. The molecular weight excluding hydrogens is 243 g/mol. The van der Waals surface area contributed by atoms with Crippen LogP contribution in [-0.4, -0.2) is 0 Å². The van der Waals surface area contributed by atoms with Gasteiger partial charge in [0, 0.05) is 5.70 Å². The van der Waals surface area contributed by atoms with Crippen LogP contribution in [0.1, 0.15) is 12.0 Å². The van der Waals surface area contributed by atoms with Crippen LogP contribution in [0.25, 0.3) is 0 Å². The number of benzene rings is 1. The maximum atomic E-state index is 6.28. The van der Waals surface area contributed by atoms with Gasteiger partial charge in [-0.15, -0.1) is 0 Å². The molecule has 1 aliphatic rings. The third kappa shape index (κ3) is 1.96. The Morgan fingerprint density at radius 2 is 2.00 bits per heavy atom. The van der Waals surface area contributed by atoms with Crippen LogP contribution in [0.3, 0.4) is 0 Å². The van der Waals surface area contributed by atoms with Crippen molar-refractivity contribution in [3.05, 3.63) is 57.7 Å². The predicted octanol–water partition coefficient (Wildman–Crippen LogP) is 2.95. The summed E-state index contributed by atoms with van der Waals surface area (Å²) in [4.78, 5) is 0. The van der Waals surface area contributed by atoms with Crippen LogP contribution in [-0.2, 0) is 5.54 Å². The second-order valence-electron chi connectivity index (χ2n) is 3.88. The highest BCUT2D eigenvalue weighted by Gasteiger charge is 2.28. The van der Waals surface area contributed by atoms with E-state index in [0.717, 1.165) is 11.3 Å². The Morgan fingerprint density at radius 3 is 2.62 bits per heavy atom. The molecule has 1 unspecified atom stereocenters. The zero-order chi connectivity index (χ0) is 11.8. The van der Waals surface area contributed by atoms with Gasteiger partial charge in [-0.2, -0.15) is 0 Å². The molecule has 2 rings (SSSR count). The van der Waals surface area contributed by atoms with Gasteiger partial charge in [0.2, 0.25) is 0 Å². The molecule has 0 bridgehead atoms. The number of hydrogen-bond acceptors (Lipinski definition) is 2. The first-order valence-electron chi connectivity index (χ1n) is 4.91. The van der Waals surface area contributed by atoms with Crippen molar-refractivity contribution in [2.24, 2.45) is 11.5 Å². The lowest BCUT2D eigenvalue weighted by molar-refractivity contribution is 0.562. The van der Waals surface area contributed by atoms with Crippen LogP contribution in [0.15, 0.2) is 42.1 Å². The van der Waals surface area contributed by atoms with Crippen molar-refractivity contribution in [1.82, 2.24) is 0 Å². The Bertz CT molecular complexity index is 480. The molecule has 2 nitrogen and oxygen atoms in total. The Balaban J connectivity index is 2.46.